The molecule has 0 spiro atoms. The molecule has 0 aromatic heterocycles. The SMILES string of the molecule is B.B.CC1(C)OB(B2OC(C)(C)C(C)(C)O2)OC1(C)C. The molecular formula is C12H30B4O4. The summed E-state index contributed by atoms with van der Waals surface area (Å²) in [5, 5.41) is 0. The zero-order valence-electron chi connectivity index (χ0n) is 12.8. The molecule has 0 atom stereocenters. The second kappa shape index (κ2) is 5.38. The van der Waals surface area contributed by atoms with Crippen molar-refractivity contribution in [3.05, 3.63) is 0 Å². The summed E-state index contributed by atoms with van der Waals surface area (Å²) in [7, 11) is -0.952. The predicted octanol–water partition coefficient (Wildman–Crippen LogP) is -0.119. The van der Waals surface area contributed by atoms with E-state index in [0.717, 1.165) is 0 Å². The largest absolute Gasteiger partial charge is 0.488 e. The average Bonchev–Trinajstić information content (AvgIpc) is 2.45. The zero-order valence-corrected chi connectivity index (χ0v) is 12.8. The van der Waals surface area contributed by atoms with Gasteiger partial charge in [-0.1, -0.05) is 0 Å². The lowest BCUT2D eigenvalue weighted by atomic mass is 9.49. The molecular weight excluding hydrogens is 251 g/mol. The predicted molar refractivity (Wildman–Crippen MR) is 92.0 cm³/mol. The van der Waals surface area contributed by atoms with Gasteiger partial charge in [-0.3, -0.25) is 0 Å². The number of hydrogen-bond acceptors (Lipinski definition) is 4. The molecule has 8 heteroatoms. The molecule has 2 aliphatic heterocycles. The highest BCUT2D eigenvalue weighted by Crippen LogP contribution is 2.42. The zero-order chi connectivity index (χ0) is 14.0. The quantitative estimate of drug-likeness (QED) is 0.628. The minimum absolute atomic E-state index is 0. The summed E-state index contributed by atoms with van der Waals surface area (Å²) >= 11 is 0. The van der Waals surface area contributed by atoms with Crippen LogP contribution in [-0.4, -0.2) is 53.2 Å². The summed E-state index contributed by atoms with van der Waals surface area (Å²) in [6, 6.07) is 0. The Labute approximate surface area is 128 Å². The maximum absolute atomic E-state index is 5.96. The topological polar surface area (TPSA) is 36.9 Å². The van der Waals surface area contributed by atoms with E-state index in [1.54, 1.807) is 0 Å². The van der Waals surface area contributed by atoms with E-state index < -0.39 is 14.0 Å². The second-order valence-electron chi connectivity index (χ2n) is 7.25. The van der Waals surface area contributed by atoms with Crippen molar-refractivity contribution in [2.24, 2.45) is 0 Å². The molecule has 114 valence electrons. The minimum atomic E-state index is -0.476. The smallest absolute Gasteiger partial charge is 0.405 e. The van der Waals surface area contributed by atoms with Gasteiger partial charge < -0.3 is 18.6 Å². The Morgan fingerprint density at radius 3 is 0.750 bits per heavy atom. The summed E-state index contributed by atoms with van der Waals surface area (Å²) in [5.74, 6) is 0. The first-order valence-corrected chi connectivity index (χ1v) is 6.59. The van der Waals surface area contributed by atoms with Gasteiger partial charge in [-0.05, 0) is 55.4 Å². The van der Waals surface area contributed by atoms with Crippen LogP contribution in [0.1, 0.15) is 55.4 Å². The van der Waals surface area contributed by atoms with Crippen molar-refractivity contribution in [1.82, 2.24) is 0 Å². The van der Waals surface area contributed by atoms with Gasteiger partial charge in [0.1, 0.15) is 0 Å². The van der Waals surface area contributed by atoms with E-state index >= 15 is 0 Å². The summed E-state index contributed by atoms with van der Waals surface area (Å²) in [6.45, 7) is 16.2. The van der Waals surface area contributed by atoms with Gasteiger partial charge in [0.15, 0.2) is 0 Å². The van der Waals surface area contributed by atoms with Crippen LogP contribution in [0.3, 0.4) is 0 Å². The van der Waals surface area contributed by atoms with E-state index in [-0.39, 0.29) is 39.2 Å². The standard InChI is InChI=1S/C12H24B2O4.2BH3/c1-9(2)10(3,4)16-13(15-9)14-17-11(5,6)12(7,8)18-14;;/h1-8H3;2*1H3. The summed E-state index contributed by atoms with van der Waals surface area (Å²) in [5.41, 5.74) is -1.44. The van der Waals surface area contributed by atoms with Gasteiger partial charge in [-0.2, -0.15) is 0 Å². The normalized spacial score (nSPS) is 28.8. The molecule has 4 nitrogen and oxygen atoms in total. The molecule has 2 saturated heterocycles. The Hall–Kier alpha value is 0.0997. The molecule has 20 heavy (non-hydrogen) atoms. The number of hydrogen-bond donors (Lipinski definition) is 0. The lowest BCUT2D eigenvalue weighted by Crippen LogP contribution is -2.41. The first kappa shape index (κ1) is 20.1. The fourth-order valence-electron chi connectivity index (χ4n) is 2.00. The summed E-state index contributed by atoms with van der Waals surface area (Å²) in [4.78, 5) is 0. The van der Waals surface area contributed by atoms with Crippen LogP contribution in [0, 0.1) is 0 Å². The first-order valence-electron chi connectivity index (χ1n) is 6.59. The van der Waals surface area contributed by atoms with Gasteiger partial charge in [0.05, 0.1) is 39.2 Å². The lowest BCUT2D eigenvalue weighted by molar-refractivity contribution is 0.00578. The van der Waals surface area contributed by atoms with Gasteiger partial charge in [-0.25, -0.2) is 0 Å². The first-order chi connectivity index (χ1) is 7.88. The van der Waals surface area contributed by atoms with Crippen molar-refractivity contribution in [2.45, 2.75) is 77.8 Å². The van der Waals surface area contributed by atoms with Crippen LogP contribution in [0.4, 0.5) is 0 Å². The molecule has 2 aliphatic rings. The monoisotopic (exact) mass is 282 g/mol. The van der Waals surface area contributed by atoms with E-state index in [0.29, 0.717) is 0 Å². The van der Waals surface area contributed by atoms with Gasteiger partial charge in [-0.15, -0.1) is 0 Å². The van der Waals surface area contributed by atoms with Gasteiger partial charge in [0, 0.05) is 0 Å². The highest BCUT2D eigenvalue weighted by Gasteiger charge is 2.63. The van der Waals surface area contributed by atoms with Crippen molar-refractivity contribution in [3.8, 4) is 0 Å². The van der Waals surface area contributed by atoms with E-state index in [4.69, 9.17) is 18.6 Å². The summed E-state index contributed by atoms with van der Waals surface area (Å²) in [6.07, 6.45) is 0. The molecule has 2 fully saturated rings. The Kier molecular flexibility index (Phi) is 5.41. The lowest BCUT2D eigenvalue weighted by Gasteiger charge is -2.32. The molecule has 2 rings (SSSR count). The fraction of sp³-hybridized carbons (Fsp3) is 1.00. The minimum Gasteiger partial charge on any atom is -0.405 e. The third kappa shape index (κ3) is 2.99. The van der Waals surface area contributed by atoms with Crippen molar-refractivity contribution in [2.75, 3.05) is 0 Å². The second-order valence-corrected chi connectivity index (χ2v) is 7.25. The molecule has 0 aromatic rings. The van der Waals surface area contributed by atoms with Crippen LogP contribution in [0.25, 0.3) is 0 Å². The third-order valence-corrected chi connectivity index (χ3v) is 4.77. The van der Waals surface area contributed by atoms with Crippen LogP contribution in [0.5, 0.6) is 0 Å². The maximum Gasteiger partial charge on any atom is 0.488 e. The van der Waals surface area contributed by atoms with Crippen LogP contribution >= 0.6 is 0 Å². The molecule has 0 aliphatic carbocycles. The number of rotatable bonds is 1. The fourth-order valence-corrected chi connectivity index (χ4v) is 2.00. The Balaban J connectivity index is 0.00000180. The van der Waals surface area contributed by atoms with Crippen LogP contribution in [0.15, 0.2) is 0 Å². The highest BCUT2D eigenvalue weighted by molar-refractivity contribution is 7.11. The van der Waals surface area contributed by atoms with E-state index in [1.165, 1.54) is 0 Å². The van der Waals surface area contributed by atoms with Crippen molar-refractivity contribution in [1.29, 1.82) is 0 Å². The van der Waals surface area contributed by atoms with E-state index in [2.05, 4.69) is 0 Å². The third-order valence-electron chi connectivity index (χ3n) is 4.77. The van der Waals surface area contributed by atoms with E-state index in [1.807, 2.05) is 55.4 Å². The molecule has 0 N–H and O–H groups in total. The summed E-state index contributed by atoms with van der Waals surface area (Å²) < 4.78 is 23.8. The average molecular weight is 282 g/mol. The van der Waals surface area contributed by atoms with E-state index in [9.17, 15) is 0 Å². The van der Waals surface area contributed by atoms with Crippen molar-refractivity contribution < 1.29 is 18.6 Å². The molecule has 0 aromatic carbocycles. The van der Waals surface area contributed by atoms with Crippen molar-refractivity contribution in [3.63, 3.8) is 0 Å². The van der Waals surface area contributed by atoms with Crippen LogP contribution < -0.4 is 0 Å². The Morgan fingerprint density at radius 2 is 0.600 bits per heavy atom. The molecule has 0 radical (unpaired) electrons. The molecule has 0 bridgehead atoms. The molecule has 0 amide bonds. The molecule has 0 unspecified atom stereocenters. The van der Waals surface area contributed by atoms with Crippen molar-refractivity contribution >= 4 is 30.8 Å². The van der Waals surface area contributed by atoms with Crippen LogP contribution in [-0.2, 0) is 18.6 Å². The molecule has 2 heterocycles. The van der Waals surface area contributed by atoms with Gasteiger partial charge in [0.25, 0.3) is 0 Å². The van der Waals surface area contributed by atoms with Crippen LogP contribution in [0.2, 0.25) is 0 Å². The highest BCUT2D eigenvalue weighted by atomic mass is 16.7. The molecule has 0 saturated carbocycles. The van der Waals surface area contributed by atoms with Gasteiger partial charge >= 0.3 is 14.0 Å². The maximum atomic E-state index is 5.96. The Bertz CT molecular complexity index is 291. The van der Waals surface area contributed by atoms with Gasteiger partial charge in [0.2, 0.25) is 0 Å². The Morgan fingerprint density at radius 1 is 0.450 bits per heavy atom.